The summed E-state index contributed by atoms with van der Waals surface area (Å²) in [5.74, 6) is 1.56. The van der Waals surface area contributed by atoms with Crippen molar-refractivity contribution < 1.29 is 4.74 Å². The Morgan fingerprint density at radius 1 is 1.07 bits per heavy atom. The van der Waals surface area contributed by atoms with Crippen LogP contribution in [-0.4, -0.2) is 68.2 Å². The van der Waals surface area contributed by atoms with Crippen LogP contribution in [-0.2, 0) is 4.74 Å². The molecule has 0 aromatic carbocycles. The smallest absolute Gasteiger partial charge is 0.0594 e. The zero-order valence-corrected chi connectivity index (χ0v) is 10.1. The van der Waals surface area contributed by atoms with Crippen molar-refractivity contribution in [1.29, 1.82) is 0 Å². The van der Waals surface area contributed by atoms with E-state index in [1.54, 1.807) is 0 Å². The highest BCUT2D eigenvalue weighted by Crippen LogP contribution is 2.16. The van der Waals surface area contributed by atoms with E-state index < -0.39 is 0 Å². The van der Waals surface area contributed by atoms with Gasteiger partial charge in [-0.1, -0.05) is 0 Å². The number of hydrogen-bond donors (Lipinski definition) is 0. The van der Waals surface area contributed by atoms with Gasteiger partial charge in [0.15, 0.2) is 0 Å². The number of morpholine rings is 1. The molecular weight excluding hydrogens is 212 g/mol. The van der Waals surface area contributed by atoms with Crippen molar-refractivity contribution in [2.24, 2.45) is 5.92 Å². The minimum atomic E-state index is 0.733. The first-order valence-corrected chi connectivity index (χ1v) is 6.50. The molecule has 1 atom stereocenters. The fourth-order valence-electron chi connectivity index (χ4n) is 2.35. The summed E-state index contributed by atoms with van der Waals surface area (Å²) in [4.78, 5) is 5.04. The maximum absolute atomic E-state index is 5.87. The molecule has 3 nitrogen and oxygen atoms in total. The van der Waals surface area contributed by atoms with Crippen LogP contribution in [0.25, 0.3) is 0 Å². The van der Waals surface area contributed by atoms with Crippen molar-refractivity contribution in [3.63, 3.8) is 0 Å². The number of halogens is 1. The zero-order chi connectivity index (χ0) is 10.5. The van der Waals surface area contributed by atoms with Crippen molar-refractivity contribution in [2.75, 3.05) is 58.4 Å². The molecule has 0 amide bonds. The molecule has 2 fully saturated rings. The average Bonchev–Trinajstić information content (AvgIpc) is 2.76. The van der Waals surface area contributed by atoms with E-state index in [1.165, 1.54) is 32.6 Å². The largest absolute Gasteiger partial charge is 0.379 e. The van der Waals surface area contributed by atoms with Crippen LogP contribution in [0.4, 0.5) is 0 Å². The molecule has 2 aliphatic heterocycles. The van der Waals surface area contributed by atoms with E-state index in [2.05, 4.69) is 9.80 Å². The van der Waals surface area contributed by atoms with Crippen molar-refractivity contribution >= 4 is 11.6 Å². The van der Waals surface area contributed by atoms with Gasteiger partial charge in [-0.25, -0.2) is 0 Å². The van der Waals surface area contributed by atoms with E-state index in [9.17, 15) is 0 Å². The molecule has 0 aromatic heterocycles. The van der Waals surface area contributed by atoms with Gasteiger partial charge in [0.2, 0.25) is 0 Å². The molecule has 88 valence electrons. The lowest BCUT2D eigenvalue weighted by molar-refractivity contribution is 0.0343. The summed E-state index contributed by atoms with van der Waals surface area (Å²) in [7, 11) is 0. The Hall–Kier alpha value is 0.170. The van der Waals surface area contributed by atoms with Crippen LogP contribution in [0, 0.1) is 5.92 Å². The summed E-state index contributed by atoms with van der Waals surface area (Å²) in [5, 5.41) is 0. The molecule has 15 heavy (non-hydrogen) atoms. The quantitative estimate of drug-likeness (QED) is 0.670. The maximum Gasteiger partial charge on any atom is 0.0594 e. The summed E-state index contributed by atoms with van der Waals surface area (Å²) < 4.78 is 5.33. The summed E-state index contributed by atoms with van der Waals surface area (Å²) in [6.07, 6.45) is 1.28. The molecule has 2 heterocycles. The van der Waals surface area contributed by atoms with Gasteiger partial charge in [0.05, 0.1) is 13.2 Å². The lowest BCUT2D eigenvalue weighted by atomic mass is 10.2. The Morgan fingerprint density at radius 2 is 1.80 bits per heavy atom. The first kappa shape index (κ1) is 11.6. The topological polar surface area (TPSA) is 15.7 Å². The standard InChI is InChI=1S/C11H21ClN2O/c12-9-11-1-2-14(10-11)4-3-13-5-7-15-8-6-13/h11H,1-10H2. The highest BCUT2D eigenvalue weighted by molar-refractivity contribution is 6.18. The second-order valence-corrected chi connectivity index (χ2v) is 4.87. The third-order valence-electron chi connectivity index (χ3n) is 3.42. The first-order valence-electron chi connectivity index (χ1n) is 5.97. The van der Waals surface area contributed by atoms with Crippen LogP contribution in [0.3, 0.4) is 0 Å². The van der Waals surface area contributed by atoms with Crippen LogP contribution in [0.5, 0.6) is 0 Å². The van der Waals surface area contributed by atoms with E-state index in [1.807, 2.05) is 0 Å². The predicted octanol–water partition coefficient (Wildman–Crippen LogP) is 0.879. The number of alkyl halides is 1. The molecule has 0 radical (unpaired) electrons. The Bertz CT molecular complexity index is 185. The van der Waals surface area contributed by atoms with Gasteiger partial charge in [0.1, 0.15) is 0 Å². The van der Waals surface area contributed by atoms with E-state index in [0.29, 0.717) is 0 Å². The summed E-state index contributed by atoms with van der Waals surface area (Å²) in [6.45, 7) is 8.86. The highest BCUT2D eigenvalue weighted by atomic mass is 35.5. The molecule has 2 saturated heterocycles. The van der Waals surface area contributed by atoms with Crippen LogP contribution in [0.2, 0.25) is 0 Å². The van der Waals surface area contributed by atoms with Crippen LogP contribution in [0.15, 0.2) is 0 Å². The van der Waals surface area contributed by atoms with Gasteiger partial charge in [0, 0.05) is 38.6 Å². The molecule has 2 aliphatic rings. The Balaban J connectivity index is 1.61. The number of likely N-dealkylation sites (tertiary alicyclic amines) is 1. The van der Waals surface area contributed by atoms with E-state index in [0.717, 1.165) is 38.1 Å². The highest BCUT2D eigenvalue weighted by Gasteiger charge is 2.21. The van der Waals surface area contributed by atoms with Crippen LogP contribution < -0.4 is 0 Å². The van der Waals surface area contributed by atoms with E-state index >= 15 is 0 Å². The molecule has 0 aromatic rings. The molecular formula is C11H21ClN2O. The molecule has 0 N–H and O–H groups in total. The van der Waals surface area contributed by atoms with Gasteiger partial charge >= 0.3 is 0 Å². The minimum Gasteiger partial charge on any atom is -0.379 e. The molecule has 0 saturated carbocycles. The Kier molecular flexibility index (Phi) is 4.69. The number of nitrogens with zero attached hydrogens (tertiary/aromatic N) is 2. The fourth-order valence-corrected chi connectivity index (χ4v) is 2.60. The average molecular weight is 233 g/mol. The molecule has 0 spiro atoms. The molecule has 4 heteroatoms. The molecule has 0 bridgehead atoms. The zero-order valence-electron chi connectivity index (χ0n) is 9.33. The van der Waals surface area contributed by atoms with Crippen molar-refractivity contribution in [3.05, 3.63) is 0 Å². The number of hydrogen-bond acceptors (Lipinski definition) is 3. The third-order valence-corrected chi connectivity index (χ3v) is 3.86. The van der Waals surface area contributed by atoms with Crippen LogP contribution >= 0.6 is 11.6 Å². The third kappa shape index (κ3) is 3.59. The van der Waals surface area contributed by atoms with E-state index in [4.69, 9.17) is 16.3 Å². The van der Waals surface area contributed by atoms with Gasteiger partial charge < -0.3 is 9.64 Å². The molecule has 0 aliphatic carbocycles. The van der Waals surface area contributed by atoms with Crippen molar-refractivity contribution in [1.82, 2.24) is 9.80 Å². The fraction of sp³-hybridized carbons (Fsp3) is 1.00. The lowest BCUT2D eigenvalue weighted by Crippen LogP contribution is -2.41. The summed E-state index contributed by atoms with van der Waals surface area (Å²) in [5.41, 5.74) is 0. The first-order chi connectivity index (χ1) is 7.38. The van der Waals surface area contributed by atoms with Crippen LogP contribution in [0.1, 0.15) is 6.42 Å². The Labute approximate surface area is 97.3 Å². The summed E-state index contributed by atoms with van der Waals surface area (Å²) in [6, 6.07) is 0. The van der Waals surface area contributed by atoms with Crippen molar-refractivity contribution in [2.45, 2.75) is 6.42 Å². The van der Waals surface area contributed by atoms with Gasteiger partial charge in [0.25, 0.3) is 0 Å². The minimum absolute atomic E-state index is 0.733. The lowest BCUT2D eigenvalue weighted by Gasteiger charge is -2.28. The second-order valence-electron chi connectivity index (χ2n) is 4.56. The monoisotopic (exact) mass is 232 g/mol. The number of ether oxygens (including phenoxy) is 1. The SMILES string of the molecule is ClCC1CCN(CCN2CCOCC2)C1. The van der Waals surface area contributed by atoms with Gasteiger partial charge in [-0.2, -0.15) is 0 Å². The van der Waals surface area contributed by atoms with Gasteiger partial charge in [-0.15, -0.1) is 11.6 Å². The maximum atomic E-state index is 5.87. The van der Waals surface area contributed by atoms with Crippen molar-refractivity contribution in [3.8, 4) is 0 Å². The molecule has 2 rings (SSSR count). The van der Waals surface area contributed by atoms with Gasteiger partial charge in [-0.05, 0) is 18.9 Å². The number of rotatable bonds is 4. The predicted molar refractivity (Wildman–Crippen MR) is 62.5 cm³/mol. The second kappa shape index (κ2) is 6.04. The van der Waals surface area contributed by atoms with E-state index in [-0.39, 0.29) is 0 Å². The normalized spacial score (nSPS) is 29.8. The van der Waals surface area contributed by atoms with Gasteiger partial charge in [-0.3, -0.25) is 4.90 Å². The Morgan fingerprint density at radius 3 is 2.47 bits per heavy atom. The molecule has 1 unspecified atom stereocenters. The summed E-state index contributed by atoms with van der Waals surface area (Å²) >= 11 is 5.87.